The number of hydrogen-bond acceptors (Lipinski definition) is 4. The van der Waals surface area contributed by atoms with Crippen LogP contribution in [0, 0.1) is 17.8 Å². The molecular formula is C21H30N2O2. The van der Waals surface area contributed by atoms with Gasteiger partial charge in [0.25, 0.3) is 0 Å². The van der Waals surface area contributed by atoms with Gasteiger partial charge in [-0.05, 0) is 36.7 Å². The zero-order valence-corrected chi connectivity index (χ0v) is 15.5. The van der Waals surface area contributed by atoms with E-state index in [0.717, 1.165) is 48.9 Å². The van der Waals surface area contributed by atoms with E-state index in [4.69, 9.17) is 9.47 Å². The predicted molar refractivity (Wildman–Crippen MR) is 100 cm³/mol. The third-order valence-corrected chi connectivity index (χ3v) is 6.25. The number of methoxy groups -OCH3 is 2. The van der Waals surface area contributed by atoms with E-state index in [1.165, 1.54) is 38.0 Å². The minimum Gasteiger partial charge on any atom is -0.493 e. The normalized spacial score (nSPS) is 29.3. The minimum atomic E-state index is 0.822. The predicted octanol–water partition coefficient (Wildman–Crippen LogP) is 3.03. The van der Waals surface area contributed by atoms with E-state index < -0.39 is 0 Å². The molecule has 1 saturated carbocycles. The SMILES string of the molecule is COc1cccc(CN2CCN(C[C@@H]3C[C@H]4C=C[C@H]3C4)CC2)c1OC. The van der Waals surface area contributed by atoms with Crippen LogP contribution in [0.15, 0.2) is 30.4 Å². The van der Waals surface area contributed by atoms with Crippen LogP contribution >= 0.6 is 0 Å². The Bertz CT molecular complexity index is 622. The highest BCUT2D eigenvalue weighted by molar-refractivity contribution is 5.46. The van der Waals surface area contributed by atoms with Crippen molar-refractivity contribution in [3.8, 4) is 11.5 Å². The van der Waals surface area contributed by atoms with Crippen LogP contribution in [-0.4, -0.2) is 56.7 Å². The molecular weight excluding hydrogens is 312 g/mol. The van der Waals surface area contributed by atoms with Crippen molar-refractivity contribution in [2.24, 2.45) is 17.8 Å². The molecule has 3 atom stereocenters. The van der Waals surface area contributed by atoms with Crippen molar-refractivity contribution in [2.45, 2.75) is 19.4 Å². The van der Waals surface area contributed by atoms with Crippen LogP contribution in [0.3, 0.4) is 0 Å². The Morgan fingerprint density at radius 3 is 2.40 bits per heavy atom. The average Bonchev–Trinajstić information content (AvgIpc) is 3.26. The number of hydrogen-bond donors (Lipinski definition) is 0. The number of para-hydroxylation sites is 1. The van der Waals surface area contributed by atoms with Crippen LogP contribution in [-0.2, 0) is 6.54 Å². The van der Waals surface area contributed by atoms with Gasteiger partial charge in [-0.1, -0.05) is 24.3 Å². The molecule has 25 heavy (non-hydrogen) atoms. The molecule has 1 heterocycles. The second-order valence-corrected chi connectivity index (χ2v) is 7.77. The summed E-state index contributed by atoms with van der Waals surface area (Å²) in [4.78, 5) is 5.22. The zero-order chi connectivity index (χ0) is 17.2. The van der Waals surface area contributed by atoms with E-state index in [0.29, 0.717) is 0 Å². The molecule has 4 heteroatoms. The summed E-state index contributed by atoms with van der Waals surface area (Å²) >= 11 is 0. The summed E-state index contributed by atoms with van der Waals surface area (Å²) in [5, 5.41) is 0. The molecule has 0 amide bonds. The summed E-state index contributed by atoms with van der Waals surface area (Å²) in [6, 6.07) is 6.16. The molecule has 2 aliphatic carbocycles. The largest absolute Gasteiger partial charge is 0.493 e. The molecule has 1 aromatic carbocycles. The Hall–Kier alpha value is -1.52. The van der Waals surface area contributed by atoms with Gasteiger partial charge in [0.15, 0.2) is 11.5 Å². The van der Waals surface area contributed by atoms with Crippen LogP contribution < -0.4 is 9.47 Å². The number of rotatable bonds is 6. The van der Waals surface area contributed by atoms with E-state index in [9.17, 15) is 0 Å². The van der Waals surface area contributed by atoms with E-state index in [1.807, 2.05) is 6.07 Å². The van der Waals surface area contributed by atoms with Crippen molar-refractivity contribution in [1.82, 2.24) is 9.80 Å². The van der Waals surface area contributed by atoms with Gasteiger partial charge in [-0.15, -0.1) is 0 Å². The van der Waals surface area contributed by atoms with Crippen molar-refractivity contribution in [2.75, 3.05) is 46.9 Å². The Labute approximate surface area is 151 Å². The van der Waals surface area contributed by atoms with Gasteiger partial charge >= 0.3 is 0 Å². The van der Waals surface area contributed by atoms with Crippen molar-refractivity contribution < 1.29 is 9.47 Å². The maximum absolute atomic E-state index is 5.58. The minimum absolute atomic E-state index is 0.822. The quantitative estimate of drug-likeness (QED) is 0.742. The molecule has 2 fully saturated rings. The summed E-state index contributed by atoms with van der Waals surface area (Å²) in [7, 11) is 3.42. The first-order valence-corrected chi connectivity index (χ1v) is 9.59. The fourth-order valence-electron chi connectivity index (χ4n) is 4.89. The van der Waals surface area contributed by atoms with Gasteiger partial charge in [0, 0.05) is 44.8 Å². The second kappa shape index (κ2) is 7.38. The van der Waals surface area contributed by atoms with Gasteiger partial charge in [0.1, 0.15) is 0 Å². The van der Waals surface area contributed by atoms with Crippen LogP contribution in [0.1, 0.15) is 18.4 Å². The molecule has 1 saturated heterocycles. The van der Waals surface area contributed by atoms with Crippen LogP contribution in [0.25, 0.3) is 0 Å². The first-order chi connectivity index (χ1) is 12.3. The van der Waals surface area contributed by atoms with E-state index in [2.05, 4.69) is 34.1 Å². The standard InChI is InChI=1S/C21H30N2O2/c1-24-20-5-3-4-18(21(20)25-2)14-22-8-10-23(11-9-22)15-19-13-16-6-7-17(19)12-16/h3-7,16-17,19H,8-15H2,1-2H3/t16-,17-,19-/m0/s1. The highest BCUT2D eigenvalue weighted by Crippen LogP contribution is 2.43. The van der Waals surface area contributed by atoms with Crippen molar-refractivity contribution in [1.29, 1.82) is 0 Å². The van der Waals surface area contributed by atoms with Gasteiger partial charge in [0.05, 0.1) is 14.2 Å². The average molecular weight is 342 g/mol. The molecule has 0 unspecified atom stereocenters. The third-order valence-electron chi connectivity index (χ3n) is 6.25. The number of piperazine rings is 1. The van der Waals surface area contributed by atoms with E-state index >= 15 is 0 Å². The number of fused-ring (bicyclic) bond motifs is 2. The molecule has 4 rings (SSSR count). The Morgan fingerprint density at radius 1 is 0.960 bits per heavy atom. The topological polar surface area (TPSA) is 24.9 Å². The fraction of sp³-hybridized carbons (Fsp3) is 0.619. The highest BCUT2D eigenvalue weighted by Gasteiger charge is 2.36. The van der Waals surface area contributed by atoms with Crippen LogP contribution in [0.5, 0.6) is 11.5 Å². The first-order valence-electron chi connectivity index (χ1n) is 9.59. The molecule has 0 aromatic heterocycles. The summed E-state index contributed by atoms with van der Waals surface area (Å²) in [5.41, 5.74) is 1.22. The Kier molecular flexibility index (Phi) is 5.00. The number of nitrogens with zero attached hydrogens (tertiary/aromatic N) is 2. The summed E-state index contributed by atoms with van der Waals surface area (Å²) in [5.74, 6) is 4.35. The smallest absolute Gasteiger partial charge is 0.165 e. The Balaban J connectivity index is 1.30. The molecule has 1 aliphatic heterocycles. The second-order valence-electron chi connectivity index (χ2n) is 7.77. The lowest BCUT2D eigenvalue weighted by atomic mass is 9.93. The number of allylic oxidation sites excluding steroid dienone is 2. The Morgan fingerprint density at radius 2 is 1.76 bits per heavy atom. The summed E-state index contributed by atoms with van der Waals surface area (Å²) in [6.45, 7) is 6.87. The molecule has 136 valence electrons. The molecule has 0 spiro atoms. The summed E-state index contributed by atoms with van der Waals surface area (Å²) in [6.07, 6.45) is 7.76. The van der Waals surface area contributed by atoms with Crippen molar-refractivity contribution in [3.63, 3.8) is 0 Å². The molecule has 1 aromatic rings. The van der Waals surface area contributed by atoms with E-state index in [-0.39, 0.29) is 0 Å². The van der Waals surface area contributed by atoms with Gasteiger partial charge in [-0.3, -0.25) is 4.90 Å². The van der Waals surface area contributed by atoms with Crippen molar-refractivity contribution >= 4 is 0 Å². The summed E-state index contributed by atoms with van der Waals surface area (Å²) < 4.78 is 11.0. The van der Waals surface area contributed by atoms with Gasteiger partial charge < -0.3 is 14.4 Å². The molecule has 0 N–H and O–H groups in total. The lowest BCUT2D eigenvalue weighted by molar-refractivity contribution is 0.108. The van der Waals surface area contributed by atoms with Crippen molar-refractivity contribution in [3.05, 3.63) is 35.9 Å². The third kappa shape index (κ3) is 3.56. The monoisotopic (exact) mass is 342 g/mol. The molecule has 0 radical (unpaired) electrons. The molecule has 2 bridgehead atoms. The lowest BCUT2D eigenvalue weighted by Gasteiger charge is -2.37. The first kappa shape index (κ1) is 16.9. The molecule has 4 nitrogen and oxygen atoms in total. The number of ether oxygens (including phenoxy) is 2. The van der Waals surface area contributed by atoms with Gasteiger partial charge in [-0.25, -0.2) is 0 Å². The maximum Gasteiger partial charge on any atom is 0.165 e. The maximum atomic E-state index is 5.58. The van der Waals surface area contributed by atoms with E-state index in [1.54, 1.807) is 14.2 Å². The fourth-order valence-corrected chi connectivity index (χ4v) is 4.89. The van der Waals surface area contributed by atoms with Gasteiger partial charge in [0.2, 0.25) is 0 Å². The zero-order valence-electron chi connectivity index (χ0n) is 15.5. The molecule has 3 aliphatic rings. The lowest BCUT2D eigenvalue weighted by Crippen LogP contribution is -2.47. The van der Waals surface area contributed by atoms with Crippen LogP contribution in [0.4, 0.5) is 0 Å². The number of benzene rings is 1. The van der Waals surface area contributed by atoms with Gasteiger partial charge in [-0.2, -0.15) is 0 Å². The highest BCUT2D eigenvalue weighted by atomic mass is 16.5. The van der Waals surface area contributed by atoms with Crippen LogP contribution in [0.2, 0.25) is 0 Å².